The number of ether oxygens (including phenoxy) is 1. The average Bonchev–Trinajstić information content (AvgIpc) is 2.69. The first-order valence-electron chi connectivity index (χ1n) is 12.0. The molecule has 1 unspecified atom stereocenters. The van der Waals surface area contributed by atoms with Gasteiger partial charge in [0.1, 0.15) is 18.2 Å². The molecule has 1 atom stereocenters. The minimum Gasteiger partial charge on any atom is -0.444 e. The molecule has 186 valence electrons. The lowest BCUT2D eigenvalue weighted by Crippen LogP contribution is -2.49. The molecule has 0 heterocycles. The summed E-state index contributed by atoms with van der Waals surface area (Å²) in [7, 11) is 0. The summed E-state index contributed by atoms with van der Waals surface area (Å²) in [5.74, 6) is -0.547. The van der Waals surface area contributed by atoms with E-state index >= 15 is 0 Å². The van der Waals surface area contributed by atoms with Crippen LogP contribution in [-0.4, -0.2) is 47.5 Å². The van der Waals surface area contributed by atoms with Crippen molar-refractivity contribution in [3.05, 3.63) is 34.9 Å². The van der Waals surface area contributed by atoms with Gasteiger partial charge in [-0.2, -0.15) is 0 Å². The van der Waals surface area contributed by atoms with Gasteiger partial charge in [0.05, 0.1) is 0 Å². The van der Waals surface area contributed by atoms with Crippen molar-refractivity contribution in [2.45, 2.75) is 98.8 Å². The van der Waals surface area contributed by atoms with E-state index in [2.05, 4.69) is 17.6 Å². The van der Waals surface area contributed by atoms with Gasteiger partial charge in [0, 0.05) is 12.6 Å². The van der Waals surface area contributed by atoms with Crippen LogP contribution in [0.3, 0.4) is 0 Å². The van der Waals surface area contributed by atoms with Crippen molar-refractivity contribution in [3.8, 4) is 0 Å². The van der Waals surface area contributed by atoms with Crippen molar-refractivity contribution < 1.29 is 19.1 Å². The van der Waals surface area contributed by atoms with Crippen LogP contribution in [0.4, 0.5) is 4.79 Å². The van der Waals surface area contributed by atoms with Crippen LogP contribution in [0, 0.1) is 13.8 Å². The van der Waals surface area contributed by atoms with E-state index in [0.29, 0.717) is 6.54 Å². The van der Waals surface area contributed by atoms with E-state index in [4.69, 9.17) is 4.74 Å². The quantitative estimate of drug-likeness (QED) is 0.463. The standard InChI is InChI=1S/C26H43N3O4/c1-9-10-11-12-15-29(22(30)17-27-25(32)33-26(6,7)8)23(24(31)28-18(2)3)21-14-13-19(4)20(5)16-21/h13-14,16,18,23H,9-12,15,17H2,1-8H3,(H,27,32)(H,28,31). The van der Waals surface area contributed by atoms with E-state index in [9.17, 15) is 14.4 Å². The zero-order chi connectivity index (χ0) is 25.2. The number of aryl methyl sites for hydroxylation is 2. The summed E-state index contributed by atoms with van der Waals surface area (Å²) in [6.45, 7) is 15.4. The van der Waals surface area contributed by atoms with Gasteiger partial charge < -0.3 is 20.3 Å². The Morgan fingerprint density at radius 3 is 2.24 bits per heavy atom. The highest BCUT2D eigenvalue weighted by Gasteiger charge is 2.32. The van der Waals surface area contributed by atoms with Crippen molar-refractivity contribution in [2.75, 3.05) is 13.1 Å². The van der Waals surface area contributed by atoms with Crippen LogP contribution in [0.15, 0.2) is 18.2 Å². The number of nitrogens with zero attached hydrogens (tertiary/aromatic N) is 1. The molecule has 1 aromatic rings. The van der Waals surface area contributed by atoms with Gasteiger partial charge in [0.15, 0.2) is 0 Å². The lowest BCUT2D eigenvalue weighted by atomic mass is 9.98. The highest BCUT2D eigenvalue weighted by atomic mass is 16.6. The number of amides is 3. The Labute approximate surface area is 199 Å². The molecule has 0 aliphatic carbocycles. The first-order chi connectivity index (χ1) is 15.4. The second kappa shape index (κ2) is 13.2. The largest absolute Gasteiger partial charge is 0.444 e. The van der Waals surface area contributed by atoms with Gasteiger partial charge in [0.2, 0.25) is 11.8 Å². The van der Waals surface area contributed by atoms with Crippen LogP contribution < -0.4 is 10.6 Å². The second-order valence-electron chi connectivity index (χ2n) is 9.91. The van der Waals surface area contributed by atoms with Crippen molar-refractivity contribution in [2.24, 2.45) is 0 Å². The summed E-state index contributed by atoms with van der Waals surface area (Å²) in [6, 6.07) is 5.00. The van der Waals surface area contributed by atoms with Crippen molar-refractivity contribution in [1.82, 2.24) is 15.5 Å². The molecule has 7 heteroatoms. The first-order valence-corrected chi connectivity index (χ1v) is 12.0. The monoisotopic (exact) mass is 461 g/mol. The van der Waals surface area contributed by atoms with Gasteiger partial charge >= 0.3 is 6.09 Å². The molecule has 0 spiro atoms. The summed E-state index contributed by atoms with van der Waals surface area (Å²) < 4.78 is 5.25. The molecular weight excluding hydrogens is 418 g/mol. The Kier molecular flexibility index (Phi) is 11.4. The maximum atomic E-state index is 13.3. The van der Waals surface area contributed by atoms with Crippen LogP contribution in [0.25, 0.3) is 0 Å². The molecule has 0 fully saturated rings. The van der Waals surface area contributed by atoms with Crippen molar-refractivity contribution in [1.29, 1.82) is 0 Å². The SMILES string of the molecule is CCCCCCN(C(=O)CNC(=O)OC(C)(C)C)C(C(=O)NC(C)C)c1ccc(C)c(C)c1. The zero-order valence-electron chi connectivity index (χ0n) is 21.7. The van der Waals surface area contributed by atoms with Crippen molar-refractivity contribution in [3.63, 3.8) is 0 Å². The molecule has 1 aromatic carbocycles. The Morgan fingerprint density at radius 1 is 1.03 bits per heavy atom. The highest BCUT2D eigenvalue weighted by Crippen LogP contribution is 2.25. The molecule has 1 rings (SSSR count). The molecule has 0 radical (unpaired) electrons. The van der Waals surface area contributed by atoms with Crippen molar-refractivity contribution >= 4 is 17.9 Å². The first kappa shape index (κ1) is 28.5. The molecule has 3 amide bonds. The minimum absolute atomic E-state index is 0.0662. The summed E-state index contributed by atoms with van der Waals surface area (Å²) >= 11 is 0. The third-order valence-electron chi connectivity index (χ3n) is 5.19. The molecule has 0 aliphatic heterocycles. The smallest absolute Gasteiger partial charge is 0.408 e. The number of benzene rings is 1. The average molecular weight is 462 g/mol. The van der Waals surface area contributed by atoms with E-state index in [1.165, 1.54) is 0 Å². The Morgan fingerprint density at radius 2 is 1.70 bits per heavy atom. The molecule has 0 saturated carbocycles. The van der Waals surface area contributed by atoms with E-state index in [-0.39, 0.29) is 24.4 Å². The highest BCUT2D eigenvalue weighted by molar-refractivity contribution is 5.90. The summed E-state index contributed by atoms with van der Waals surface area (Å²) in [5.41, 5.74) is 2.28. The normalized spacial score (nSPS) is 12.3. The molecule has 0 aliphatic rings. The topological polar surface area (TPSA) is 87.7 Å². The van der Waals surface area contributed by atoms with E-state index in [0.717, 1.165) is 42.4 Å². The fraction of sp³-hybridized carbons (Fsp3) is 0.654. The van der Waals surface area contributed by atoms with Gasteiger partial charge in [-0.1, -0.05) is 44.4 Å². The number of nitrogens with one attached hydrogen (secondary N) is 2. The predicted molar refractivity (Wildman–Crippen MR) is 132 cm³/mol. The number of hydrogen-bond acceptors (Lipinski definition) is 4. The van der Waals surface area contributed by atoms with Gasteiger partial charge in [-0.25, -0.2) is 4.79 Å². The Balaban J connectivity index is 3.22. The van der Waals surface area contributed by atoms with Crippen LogP contribution in [-0.2, 0) is 14.3 Å². The van der Waals surface area contributed by atoms with Crippen LogP contribution >= 0.6 is 0 Å². The lowest BCUT2D eigenvalue weighted by Gasteiger charge is -2.32. The lowest BCUT2D eigenvalue weighted by molar-refractivity contribution is -0.140. The number of hydrogen-bond donors (Lipinski definition) is 2. The Bertz CT molecular complexity index is 799. The van der Waals surface area contributed by atoms with Crippen LogP contribution in [0.2, 0.25) is 0 Å². The number of carbonyl (C=O) groups is 3. The fourth-order valence-corrected chi connectivity index (χ4v) is 3.44. The molecule has 0 saturated heterocycles. The maximum Gasteiger partial charge on any atom is 0.408 e. The summed E-state index contributed by atoms with van der Waals surface area (Å²) in [6.07, 6.45) is 3.22. The number of alkyl carbamates (subject to hydrolysis) is 1. The number of unbranched alkanes of at least 4 members (excludes halogenated alkanes) is 3. The number of carbonyl (C=O) groups excluding carboxylic acids is 3. The van der Waals surface area contributed by atoms with E-state index in [1.54, 1.807) is 25.7 Å². The molecule has 7 nitrogen and oxygen atoms in total. The third kappa shape index (κ3) is 10.3. The molecule has 0 bridgehead atoms. The minimum atomic E-state index is -0.777. The second-order valence-corrected chi connectivity index (χ2v) is 9.91. The van der Waals surface area contributed by atoms with Gasteiger partial charge in [0.25, 0.3) is 0 Å². The van der Waals surface area contributed by atoms with Crippen LogP contribution in [0.1, 0.15) is 90.0 Å². The molecule has 2 N–H and O–H groups in total. The fourth-order valence-electron chi connectivity index (χ4n) is 3.44. The van der Waals surface area contributed by atoms with E-state index < -0.39 is 17.7 Å². The molecule has 0 aromatic heterocycles. The Hall–Kier alpha value is -2.57. The van der Waals surface area contributed by atoms with Crippen LogP contribution in [0.5, 0.6) is 0 Å². The van der Waals surface area contributed by atoms with E-state index in [1.807, 2.05) is 45.9 Å². The maximum absolute atomic E-state index is 13.3. The van der Waals surface area contributed by atoms with Gasteiger partial charge in [-0.3, -0.25) is 9.59 Å². The summed E-state index contributed by atoms with van der Waals surface area (Å²) in [4.78, 5) is 40.3. The zero-order valence-corrected chi connectivity index (χ0v) is 21.7. The van der Waals surface area contributed by atoms with Gasteiger partial charge in [-0.05, 0) is 71.6 Å². The predicted octanol–water partition coefficient (Wildman–Crippen LogP) is 4.80. The number of rotatable bonds is 11. The molecule has 33 heavy (non-hydrogen) atoms. The molecular formula is C26H43N3O4. The van der Waals surface area contributed by atoms with Gasteiger partial charge in [-0.15, -0.1) is 0 Å². The third-order valence-corrected chi connectivity index (χ3v) is 5.19. The summed E-state index contributed by atoms with van der Waals surface area (Å²) in [5, 5.41) is 5.51.